The lowest BCUT2D eigenvalue weighted by Gasteiger charge is -2.21. The average Bonchev–Trinajstić information content (AvgIpc) is 2.45. The zero-order chi connectivity index (χ0) is 15.0. The second-order valence-corrected chi connectivity index (χ2v) is 5.01. The highest BCUT2D eigenvalue weighted by molar-refractivity contribution is 5.37. The molecule has 0 bridgehead atoms. The first-order valence-corrected chi connectivity index (χ1v) is 7.44. The van der Waals surface area contributed by atoms with Gasteiger partial charge in [0.05, 0.1) is 6.61 Å². The van der Waals surface area contributed by atoms with E-state index < -0.39 is 0 Å². The van der Waals surface area contributed by atoms with Gasteiger partial charge < -0.3 is 15.0 Å². The first kappa shape index (κ1) is 16.5. The quantitative estimate of drug-likeness (QED) is 0.750. The summed E-state index contributed by atoms with van der Waals surface area (Å²) in [6, 6.07) is 0.392. The van der Waals surface area contributed by atoms with Crippen LogP contribution in [0.4, 0.5) is 11.9 Å². The maximum atomic E-state index is 5.54. The van der Waals surface area contributed by atoms with Crippen LogP contribution in [0.15, 0.2) is 0 Å². The minimum Gasteiger partial charge on any atom is -0.463 e. The fraction of sp³-hybridized carbons (Fsp3) is 0.786. The van der Waals surface area contributed by atoms with E-state index in [2.05, 4.69) is 45.9 Å². The first-order valence-electron chi connectivity index (χ1n) is 7.44. The van der Waals surface area contributed by atoms with E-state index in [4.69, 9.17) is 4.74 Å². The number of nitrogens with zero attached hydrogens (tertiary/aromatic N) is 4. The molecule has 0 aliphatic rings. The number of hydrogen-bond acceptors (Lipinski definition) is 6. The zero-order valence-electron chi connectivity index (χ0n) is 13.3. The molecule has 0 aliphatic carbocycles. The molecule has 6 heteroatoms. The fourth-order valence-corrected chi connectivity index (χ4v) is 1.69. The van der Waals surface area contributed by atoms with Gasteiger partial charge in [-0.15, -0.1) is 0 Å². The second-order valence-electron chi connectivity index (χ2n) is 5.01. The Morgan fingerprint density at radius 2 is 1.95 bits per heavy atom. The molecule has 1 aromatic rings. The molecule has 0 saturated heterocycles. The van der Waals surface area contributed by atoms with E-state index >= 15 is 0 Å². The number of nitrogens with one attached hydrogen (secondary N) is 1. The molecule has 1 aromatic heterocycles. The molecule has 0 aliphatic heterocycles. The topological polar surface area (TPSA) is 63.2 Å². The maximum absolute atomic E-state index is 5.54. The molecule has 0 saturated carbocycles. The van der Waals surface area contributed by atoms with Crippen LogP contribution in [0.25, 0.3) is 0 Å². The molecule has 1 heterocycles. The van der Waals surface area contributed by atoms with Gasteiger partial charge in [0.15, 0.2) is 0 Å². The van der Waals surface area contributed by atoms with E-state index in [0.29, 0.717) is 30.4 Å². The zero-order valence-corrected chi connectivity index (χ0v) is 13.3. The van der Waals surface area contributed by atoms with E-state index in [1.165, 1.54) is 0 Å². The van der Waals surface area contributed by atoms with Crippen LogP contribution >= 0.6 is 0 Å². The van der Waals surface area contributed by atoms with E-state index in [1.54, 1.807) is 0 Å². The van der Waals surface area contributed by atoms with Crippen LogP contribution in [0.5, 0.6) is 6.01 Å². The number of hydrogen-bond donors (Lipinski definition) is 1. The van der Waals surface area contributed by atoms with Crippen molar-refractivity contribution < 1.29 is 4.74 Å². The van der Waals surface area contributed by atoms with Crippen molar-refractivity contribution in [3.05, 3.63) is 0 Å². The van der Waals surface area contributed by atoms with Crippen molar-refractivity contribution in [1.29, 1.82) is 0 Å². The van der Waals surface area contributed by atoms with Gasteiger partial charge in [0.2, 0.25) is 11.9 Å². The molecule has 0 fully saturated rings. The van der Waals surface area contributed by atoms with Gasteiger partial charge in [-0.1, -0.05) is 27.2 Å². The third kappa shape index (κ3) is 5.19. The molecule has 1 unspecified atom stereocenters. The summed E-state index contributed by atoms with van der Waals surface area (Å²) in [5.41, 5.74) is 0. The van der Waals surface area contributed by atoms with E-state index in [-0.39, 0.29) is 0 Å². The monoisotopic (exact) mass is 281 g/mol. The Morgan fingerprint density at radius 1 is 1.20 bits per heavy atom. The van der Waals surface area contributed by atoms with Gasteiger partial charge in [0, 0.05) is 20.1 Å². The summed E-state index contributed by atoms with van der Waals surface area (Å²) in [6.07, 6.45) is 2.06. The summed E-state index contributed by atoms with van der Waals surface area (Å²) >= 11 is 0. The van der Waals surface area contributed by atoms with Crippen molar-refractivity contribution in [2.24, 2.45) is 5.92 Å². The molecular formula is C14H27N5O. The molecule has 20 heavy (non-hydrogen) atoms. The van der Waals surface area contributed by atoms with Gasteiger partial charge in [-0.3, -0.25) is 0 Å². The summed E-state index contributed by atoms with van der Waals surface area (Å²) in [5, 5.41) is 3.12. The maximum Gasteiger partial charge on any atom is 0.323 e. The highest BCUT2D eigenvalue weighted by Crippen LogP contribution is 2.16. The summed E-state index contributed by atoms with van der Waals surface area (Å²) in [6.45, 7) is 10.8. The predicted molar refractivity (Wildman–Crippen MR) is 82.5 cm³/mol. The molecule has 0 amide bonds. The van der Waals surface area contributed by atoms with Crippen LogP contribution in [-0.4, -0.2) is 41.7 Å². The number of anilines is 2. The van der Waals surface area contributed by atoms with Gasteiger partial charge in [-0.05, 0) is 19.3 Å². The standard InChI is InChI=1S/C14H27N5O/c1-6-9-20-14-17-12(15-8-3)16-13(18-14)19(5)10-11(4)7-2/h11H,6-10H2,1-5H3,(H,15,16,17,18). The Labute approximate surface area is 122 Å². The van der Waals surface area contributed by atoms with Gasteiger partial charge in [-0.2, -0.15) is 15.0 Å². The Hall–Kier alpha value is -1.59. The van der Waals surface area contributed by atoms with E-state index in [1.807, 2.05) is 14.0 Å². The second kappa shape index (κ2) is 8.55. The van der Waals surface area contributed by atoms with Crippen LogP contribution in [0, 0.1) is 5.92 Å². The molecular weight excluding hydrogens is 254 g/mol. The van der Waals surface area contributed by atoms with Gasteiger partial charge in [0.25, 0.3) is 0 Å². The van der Waals surface area contributed by atoms with Crippen molar-refractivity contribution in [1.82, 2.24) is 15.0 Å². The molecule has 0 spiro atoms. The number of ether oxygens (including phenoxy) is 1. The average molecular weight is 281 g/mol. The van der Waals surface area contributed by atoms with E-state index in [9.17, 15) is 0 Å². The van der Waals surface area contributed by atoms with Gasteiger partial charge in [0.1, 0.15) is 0 Å². The Morgan fingerprint density at radius 3 is 2.55 bits per heavy atom. The molecule has 0 aromatic carbocycles. The van der Waals surface area contributed by atoms with Crippen LogP contribution < -0.4 is 15.0 Å². The summed E-state index contributed by atoms with van der Waals surface area (Å²) in [7, 11) is 2.00. The Bertz CT molecular complexity index is 399. The smallest absolute Gasteiger partial charge is 0.323 e. The molecule has 0 radical (unpaired) electrons. The van der Waals surface area contributed by atoms with Crippen LogP contribution in [0.3, 0.4) is 0 Å². The van der Waals surface area contributed by atoms with Crippen molar-refractivity contribution in [3.63, 3.8) is 0 Å². The molecule has 6 nitrogen and oxygen atoms in total. The summed E-state index contributed by atoms with van der Waals surface area (Å²) in [5.74, 6) is 1.82. The fourth-order valence-electron chi connectivity index (χ4n) is 1.69. The third-order valence-corrected chi connectivity index (χ3v) is 3.00. The minimum absolute atomic E-state index is 0.392. The highest BCUT2D eigenvalue weighted by Gasteiger charge is 2.12. The molecule has 1 rings (SSSR count). The third-order valence-electron chi connectivity index (χ3n) is 3.00. The lowest BCUT2D eigenvalue weighted by molar-refractivity contribution is 0.292. The van der Waals surface area contributed by atoms with Crippen LogP contribution in [0.2, 0.25) is 0 Å². The molecule has 1 N–H and O–H groups in total. The van der Waals surface area contributed by atoms with Crippen molar-refractivity contribution in [2.45, 2.75) is 40.5 Å². The minimum atomic E-state index is 0.392. The SMILES string of the molecule is CCCOc1nc(NCC)nc(N(C)CC(C)CC)n1. The van der Waals surface area contributed by atoms with Gasteiger partial charge in [-0.25, -0.2) is 0 Å². The predicted octanol–water partition coefficient (Wildman–Crippen LogP) is 2.57. The van der Waals surface area contributed by atoms with Gasteiger partial charge >= 0.3 is 6.01 Å². The van der Waals surface area contributed by atoms with Crippen molar-refractivity contribution in [2.75, 3.05) is 37.0 Å². The Kier molecular flexibility index (Phi) is 7.04. The normalized spacial score (nSPS) is 12.1. The molecule has 114 valence electrons. The summed E-state index contributed by atoms with van der Waals surface area (Å²) < 4.78 is 5.54. The van der Waals surface area contributed by atoms with Crippen molar-refractivity contribution in [3.8, 4) is 6.01 Å². The van der Waals surface area contributed by atoms with Crippen molar-refractivity contribution >= 4 is 11.9 Å². The lowest BCUT2D eigenvalue weighted by Crippen LogP contribution is -2.26. The van der Waals surface area contributed by atoms with E-state index in [0.717, 1.165) is 25.9 Å². The first-order chi connectivity index (χ1) is 9.60. The van der Waals surface area contributed by atoms with Crippen LogP contribution in [-0.2, 0) is 0 Å². The number of rotatable bonds is 9. The molecule has 1 atom stereocenters. The number of aromatic nitrogens is 3. The Balaban J connectivity index is 2.88. The van der Waals surface area contributed by atoms with Crippen LogP contribution in [0.1, 0.15) is 40.5 Å². The largest absolute Gasteiger partial charge is 0.463 e. The lowest BCUT2D eigenvalue weighted by atomic mass is 10.1. The highest BCUT2D eigenvalue weighted by atomic mass is 16.5. The summed E-state index contributed by atoms with van der Waals surface area (Å²) in [4.78, 5) is 15.1.